The summed E-state index contributed by atoms with van der Waals surface area (Å²) < 4.78 is 0. The van der Waals surface area contributed by atoms with E-state index in [1.165, 1.54) is 6.42 Å². The fraction of sp³-hybridized carbons (Fsp3) is 0.385. The Kier molecular flexibility index (Phi) is 4.18. The van der Waals surface area contributed by atoms with Gasteiger partial charge in [0.05, 0.1) is 0 Å². The van der Waals surface area contributed by atoms with Crippen molar-refractivity contribution in [2.75, 3.05) is 0 Å². The normalized spacial score (nSPS) is 25.4. The molecule has 0 aromatic heterocycles. The molecule has 0 amide bonds. The molecule has 0 bridgehead atoms. The molecule has 3 heteroatoms. The van der Waals surface area contributed by atoms with Gasteiger partial charge in [0.2, 0.25) is 0 Å². The van der Waals surface area contributed by atoms with E-state index in [9.17, 15) is 0 Å². The van der Waals surface area contributed by atoms with Crippen LogP contribution in [0.1, 0.15) is 24.8 Å². The van der Waals surface area contributed by atoms with Gasteiger partial charge in [-0.25, -0.2) is 0 Å². The molecular formula is C13H13Cl3. The van der Waals surface area contributed by atoms with Crippen LogP contribution in [0.4, 0.5) is 0 Å². The molecule has 1 aliphatic rings. The van der Waals surface area contributed by atoms with Gasteiger partial charge in [-0.15, -0.1) is 11.6 Å². The molecule has 2 rings (SSSR count). The first-order chi connectivity index (χ1) is 7.63. The molecule has 86 valence electrons. The Morgan fingerprint density at radius 1 is 1.06 bits per heavy atom. The van der Waals surface area contributed by atoms with E-state index >= 15 is 0 Å². The number of halogens is 3. The van der Waals surface area contributed by atoms with Crippen molar-refractivity contribution in [3.05, 3.63) is 39.9 Å². The van der Waals surface area contributed by atoms with Crippen LogP contribution < -0.4 is 0 Å². The van der Waals surface area contributed by atoms with Crippen molar-refractivity contribution < 1.29 is 0 Å². The monoisotopic (exact) mass is 274 g/mol. The average molecular weight is 276 g/mol. The molecular weight excluding hydrogens is 263 g/mol. The second-order valence-electron chi connectivity index (χ2n) is 4.23. The van der Waals surface area contributed by atoms with Crippen molar-refractivity contribution in [2.45, 2.75) is 24.6 Å². The van der Waals surface area contributed by atoms with Crippen LogP contribution in [0.15, 0.2) is 24.3 Å². The summed E-state index contributed by atoms with van der Waals surface area (Å²) >= 11 is 17.9. The summed E-state index contributed by atoms with van der Waals surface area (Å²) in [6.07, 6.45) is 7.67. The molecule has 1 fully saturated rings. The van der Waals surface area contributed by atoms with Gasteiger partial charge < -0.3 is 0 Å². The zero-order chi connectivity index (χ0) is 11.5. The smallest absolute Gasteiger partial charge is 0.0426 e. The molecule has 1 aromatic rings. The van der Waals surface area contributed by atoms with Crippen molar-refractivity contribution in [1.82, 2.24) is 0 Å². The van der Waals surface area contributed by atoms with Gasteiger partial charge in [-0.3, -0.25) is 0 Å². The summed E-state index contributed by atoms with van der Waals surface area (Å²) in [6, 6.07) is 5.57. The zero-order valence-corrected chi connectivity index (χ0v) is 11.1. The molecule has 0 N–H and O–H groups in total. The molecule has 0 heterocycles. The maximum atomic E-state index is 6.06. The summed E-state index contributed by atoms with van der Waals surface area (Å²) in [4.78, 5) is 0. The highest BCUT2D eigenvalue weighted by molar-refractivity contribution is 6.34. The fourth-order valence-corrected chi connectivity index (χ4v) is 2.95. The first-order valence-corrected chi connectivity index (χ1v) is 6.61. The highest BCUT2D eigenvalue weighted by Crippen LogP contribution is 2.31. The van der Waals surface area contributed by atoms with Crippen molar-refractivity contribution >= 4 is 40.9 Å². The SMILES string of the molecule is Clc1cc(Cl)cc(/C=C/C2CCC(Cl)C2)c1. The number of hydrogen-bond acceptors (Lipinski definition) is 0. The highest BCUT2D eigenvalue weighted by atomic mass is 35.5. The Morgan fingerprint density at radius 3 is 2.31 bits per heavy atom. The zero-order valence-electron chi connectivity index (χ0n) is 8.80. The molecule has 2 atom stereocenters. The van der Waals surface area contributed by atoms with Crippen LogP contribution in [0.25, 0.3) is 6.08 Å². The molecule has 1 aromatic carbocycles. The van der Waals surface area contributed by atoms with Gasteiger partial charge in [0.1, 0.15) is 0 Å². The predicted molar refractivity (Wildman–Crippen MR) is 72.5 cm³/mol. The lowest BCUT2D eigenvalue weighted by Crippen LogP contribution is -1.90. The van der Waals surface area contributed by atoms with Gasteiger partial charge in [-0.05, 0) is 48.9 Å². The molecule has 16 heavy (non-hydrogen) atoms. The van der Waals surface area contributed by atoms with Crippen LogP contribution in [0.2, 0.25) is 10.0 Å². The first-order valence-electron chi connectivity index (χ1n) is 5.42. The standard InChI is InChI=1S/C13H13Cl3/c14-11-4-3-9(5-11)1-2-10-6-12(15)8-13(16)7-10/h1-2,6-9,11H,3-5H2/b2-1+. The predicted octanol–water partition coefficient (Wildman–Crippen LogP) is 5.41. The maximum absolute atomic E-state index is 6.06. The summed E-state index contributed by atoms with van der Waals surface area (Å²) in [6.45, 7) is 0. The lowest BCUT2D eigenvalue weighted by atomic mass is 10.1. The third-order valence-electron chi connectivity index (χ3n) is 2.85. The van der Waals surface area contributed by atoms with E-state index in [1.807, 2.05) is 12.1 Å². The Hall–Kier alpha value is -0.170. The van der Waals surface area contributed by atoms with Crippen molar-refractivity contribution in [3.8, 4) is 0 Å². The van der Waals surface area contributed by atoms with E-state index in [-0.39, 0.29) is 0 Å². The van der Waals surface area contributed by atoms with Gasteiger partial charge >= 0.3 is 0 Å². The van der Waals surface area contributed by atoms with Crippen molar-refractivity contribution in [3.63, 3.8) is 0 Å². The van der Waals surface area contributed by atoms with E-state index in [2.05, 4.69) is 12.2 Å². The van der Waals surface area contributed by atoms with E-state index in [4.69, 9.17) is 34.8 Å². The lowest BCUT2D eigenvalue weighted by Gasteiger charge is -2.02. The van der Waals surface area contributed by atoms with Crippen molar-refractivity contribution in [2.24, 2.45) is 5.92 Å². The summed E-state index contributed by atoms with van der Waals surface area (Å²) in [7, 11) is 0. The topological polar surface area (TPSA) is 0 Å². The van der Waals surface area contributed by atoms with Crippen LogP contribution in [0.3, 0.4) is 0 Å². The summed E-state index contributed by atoms with van der Waals surface area (Å²) in [5, 5.41) is 1.69. The molecule has 0 radical (unpaired) electrons. The third-order valence-corrected chi connectivity index (χ3v) is 3.69. The summed E-state index contributed by atoms with van der Waals surface area (Å²) in [5.74, 6) is 0.597. The first kappa shape index (κ1) is 12.3. The quantitative estimate of drug-likeness (QED) is 0.633. The van der Waals surface area contributed by atoms with E-state index in [0.717, 1.165) is 18.4 Å². The van der Waals surface area contributed by atoms with Crippen LogP contribution in [0.5, 0.6) is 0 Å². The number of rotatable bonds is 2. The van der Waals surface area contributed by atoms with Crippen LogP contribution >= 0.6 is 34.8 Å². The Morgan fingerprint density at radius 2 is 1.75 bits per heavy atom. The van der Waals surface area contributed by atoms with E-state index < -0.39 is 0 Å². The summed E-state index contributed by atoms with van der Waals surface area (Å²) in [5.41, 5.74) is 1.05. The molecule has 0 aliphatic heterocycles. The van der Waals surface area contributed by atoms with Gasteiger partial charge in [-0.1, -0.05) is 35.4 Å². The van der Waals surface area contributed by atoms with Gasteiger partial charge in [-0.2, -0.15) is 0 Å². The minimum atomic E-state index is 0.345. The van der Waals surface area contributed by atoms with Gasteiger partial charge in [0.15, 0.2) is 0 Å². The Labute approximate surface area is 111 Å². The van der Waals surface area contributed by atoms with E-state index in [0.29, 0.717) is 21.3 Å². The second kappa shape index (κ2) is 5.44. The van der Waals surface area contributed by atoms with Gasteiger partial charge in [0, 0.05) is 15.4 Å². The van der Waals surface area contributed by atoms with Crippen LogP contribution in [-0.2, 0) is 0 Å². The molecule has 0 saturated heterocycles. The molecule has 0 spiro atoms. The largest absolute Gasteiger partial charge is 0.123 e. The average Bonchev–Trinajstić information content (AvgIpc) is 2.60. The second-order valence-corrected chi connectivity index (χ2v) is 5.72. The Balaban J connectivity index is 2.05. The van der Waals surface area contributed by atoms with Crippen molar-refractivity contribution in [1.29, 1.82) is 0 Å². The van der Waals surface area contributed by atoms with Crippen LogP contribution in [0, 0.1) is 5.92 Å². The fourth-order valence-electron chi connectivity index (χ4n) is 2.05. The maximum Gasteiger partial charge on any atom is 0.0426 e. The molecule has 1 saturated carbocycles. The number of benzene rings is 1. The number of hydrogen-bond donors (Lipinski definition) is 0. The minimum absolute atomic E-state index is 0.345. The number of allylic oxidation sites excluding steroid dienone is 1. The highest BCUT2D eigenvalue weighted by Gasteiger charge is 2.20. The third kappa shape index (κ3) is 3.41. The molecule has 0 nitrogen and oxygen atoms in total. The molecule has 2 unspecified atom stereocenters. The van der Waals surface area contributed by atoms with Crippen LogP contribution in [-0.4, -0.2) is 5.38 Å². The molecule has 1 aliphatic carbocycles. The number of alkyl halides is 1. The lowest BCUT2D eigenvalue weighted by molar-refractivity contribution is 0.690. The van der Waals surface area contributed by atoms with E-state index in [1.54, 1.807) is 6.07 Å². The van der Waals surface area contributed by atoms with Gasteiger partial charge in [0.25, 0.3) is 0 Å². The minimum Gasteiger partial charge on any atom is -0.123 e. The Bertz CT molecular complexity index is 378.